The number of benzene rings is 1. The Morgan fingerprint density at radius 1 is 1.10 bits per heavy atom. The number of hydrogen-bond acceptors (Lipinski definition) is 3. The van der Waals surface area contributed by atoms with E-state index in [1.165, 1.54) is 5.56 Å². The monoisotopic (exact) mass is 293 g/mol. The number of rotatable bonds is 10. The maximum Gasteiger partial charge on any atom is 0.191 e. The van der Waals surface area contributed by atoms with Crippen molar-refractivity contribution in [3.8, 4) is 0 Å². The molecule has 0 aromatic heterocycles. The fraction of sp³-hybridized carbons (Fsp3) is 0.562. The standard InChI is InChI=1S/C16H27N3O2/c1-3-17-16(18-10-7-11-21-13-12-20-2)19-14-15-8-5-4-6-9-15/h4-6,8-9H,3,7,10-14H2,1-2H3,(H2,17,18,19). The number of nitrogens with zero attached hydrogens (tertiary/aromatic N) is 1. The fourth-order valence-corrected chi connectivity index (χ4v) is 1.72. The summed E-state index contributed by atoms with van der Waals surface area (Å²) in [6.07, 6.45) is 0.944. The molecular weight excluding hydrogens is 266 g/mol. The third kappa shape index (κ3) is 9.05. The van der Waals surface area contributed by atoms with Gasteiger partial charge in [0.2, 0.25) is 0 Å². The molecule has 0 aliphatic rings. The highest BCUT2D eigenvalue weighted by Gasteiger charge is 1.97. The van der Waals surface area contributed by atoms with E-state index >= 15 is 0 Å². The van der Waals surface area contributed by atoms with Gasteiger partial charge >= 0.3 is 0 Å². The zero-order valence-electron chi connectivity index (χ0n) is 13.1. The van der Waals surface area contributed by atoms with Crippen molar-refractivity contribution in [3.63, 3.8) is 0 Å². The van der Waals surface area contributed by atoms with E-state index in [-0.39, 0.29) is 0 Å². The summed E-state index contributed by atoms with van der Waals surface area (Å²) >= 11 is 0. The van der Waals surface area contributed by atoms with E-state index in [0.717, 1.165) is 32.1 Å². The summed E-state index contributed by atoms with van der Waals surface area (Å²) < 4.78 is 10.3. The molecule has 0 bridgehead atoms. The summed E-state index contributed by atoms with van der Waals surface area (Å²) in [6.45, 7) is 6.47. The van der Waals surface area contributed by atoms with Crippen LogP contribution in [0.1, 0.15) is 18.9 Å². The van der Waals surface area contributed by atoms with Crippen LogP contribution in [-0.2, 0) is 16.0 Å². The highest BCUT2D eigenvalue weighted by atomic mass is 16.5. The summed E-state index contributed by atoms with van der Waals surface area (Å²) in [7, 11) is 1.68. The molecule has 0 radical (unpaired) electrons. The Morgan fingerprint density at radius 3 is 2.62 bits per heavy atom. The highest BCUT2D eigenvalue weighted by Crippen LogP contribution is 1.99. The number of hydrogen-bond donors (Lipinski definition) is 2. The minimum atomic E-state index is 0.647. The maximum absolute atomic E-state index is 5.42. The number of ether oxygens (including phenoxy) is 2. The normalized spacial score (nSPS) is 11.4. The summed E-state index contributed by atoms with van der Waals surface area (Å²) in [4.78, 5) is 4.56. The molecule has 0 amide bonds. The lowest BCUT2D eigenvalue weighted by Crippen LogP contribution is -2.38. The molecule has 1 aromatic carbocycles. The largest absolute Gasteiger partial charge is 0.382 e. The summed E-state index contributed by atoms with van der Waals surface area (Å²) in [6, 6.07) is 10.2. The fourth-order valence-electron chi connectivity index (χ4n) is 1.72. The molecule has 118 valence electrons. The molecule has 0 unspecified atom stereocenters. The Hall–Kier alpha value is -1.59. The van der Waals surface area contributed by atoms with Crippen molar-refractivity contribution in [1.82, 2.24) is 10.6 Å². The van der Waals surface area contributed by atoms with Crippen molar-refractivity contribution in [2.24, 2.45) is 4.99 Å². The van der Waals surface area contributed by atoms with Gasteiger partial charge in [0.1, 0.15) is 0 Å². The predicted octanol–water partition coefficient (Wildman–Crippen LogP) is 1.79. The van der Waals surface area contributed by atoms with Gasteiger partial charge in [-0.25, -0.2) is 4.99 Å². The van der Waals surface area contributed by atoms with E-state index < -0.39 is 0 Å². The van der Waals surface area contributed by atoms with E-state index in [4.69, 9.17) is 9.47 Å². The third-order valence-electron chi connectivity index (χ3n) is 2.80. The molecule has 5 heteroatoms. The van der Waals surface area contributed by atoms with E-state index in [2.05, 4.69) is 34.7 Å². The molecule has 1 rings (SSSR count). The SMILES string of the molecule is CCNC(=NCc1ccccc1)NCCCOCCOC. The quantitative estimate of drug-likeness (QED) is 0.392. The lowest BCUT2D eigenvalue weighted by Gasteiger charge is -2.11. The van der Waals surface area contributed by atoms with Crippen LogP contribution in [0.3, 0.4) is 0 Å². The van der Waals surface area contributed by atoms with Gasteiger partial charge in [-0.1, -0.05) is 30.3 Å². The van der Waals surface area contributed by atoms with Gasteiger partial charge in [0, 0.05) is 26.8 Å². The van der Waals surface area contributed by atoms with Crippen molar-refractivity contribution >= 4 is 5.96 Å². The van der Waals surface area contributed by atoms with Crippen LogP contribution in [-0.4, -0.2) is 46.0 Å². The van der Waals surface area contributed by atoms with E-state index in [9.17, 15) is 0 Å². The minimum Gasteiger partial charge on any atom is -0.382 e. The molecular formula is C16H27N3O2. The van der Waals surface area contributed by atoms with Crippen molar-refractivity contribution in [1.29, 1.82) is 0 Å². The van der Waals surface area contributed by atoms with Gasteiger partial charge in [-0.2, -0.15) is 0 Å². The van der Waals surface area contributed by atoms with Crippen LogP contribution in [0.25, 0.3) is 0 Å². The number of methoxy groups -OCH3 is 1. The lowest BCUT2D eigenvalue weighted by atomic mass is 10.2. The second-order valence-electron chi connectivity index (χ2n) is 4.57. The Kier molecular flexibility index (Phi) is 10.1. The molecule has 0 heterocycles. The van der Waals surface area contributed by atoms with Crippen LogP contribution in [0.2, 0.25) is 0 Å². The zero-order valence-corrected chi connectivity index (χ0v) is 13.1. The van der Waals surface area contributed by atoms with Crippen LogP contribution >= 0.6 is 0 Å². The Bertz CT molecular complexity index is 382. The summed E-state index contributed by atoms with van der Waals surface area (Å²) in [5.74, 6) is 0.846. The molecule has 0 saturated heterocycles. The predicted molar refractivity (Wildman–Crippen MR) is 86.6 cm³/mol. The molecule has 0 aliphatic carbocycles. The smallest absolute Gasteiger partial charge is 0.191 e. The molecule has 0 saturated carbocycles. The van der Waals surface area contributed by atoms with Gasteiger partial charge in [-0.05, 0) is 18.9 Å². The van der Waals surface area contributed by atoms with Crippen molar-refractivity contribution in [2.75, 3.05) is 40.0 Å². The van der Waals surface area contributed by atoms with Crippen LogP contribution in [0.4, 0.5) is 0 Å². The second-order valence-corrected chi connectivity index (χ2v) is 4.57. The van der Waals surface area contributed by atoms with E-state index in [0.29, 0.717) is 19.8 Å². The van der Waals surface area contributed by atoms with E-state index in [1.54, 1.807) is 7.11 Å². The average Bonchev–Trinajstić information content (AvgIpc) is 2.52. The summed E-state index contributed by atoms with van der Waals surface area (Å²) in [5.41, 5.74) is 1.21. The molecule has 21 heavy (non-hydrogen) atoms. The molecule has 5 nitrogen and oxygen atoms in total. The first-order valence-corrected chi connectivity index (χ1v) is 7.49. The van der Waals surface area contributed by atoms with Crippen molar-refractivity contribution in [2.45, 2.75) is 19.9 Å². The Balaban J connectivity index is 2.23. The Morgan fingerprint density at radius 2 is 1.90 bits per heavy atom. The molecule has 0 aliphatic heterocycles. The number of aliphatic imine (C=N–C) groups is 1. The number of nitrogens with one attached hydrogen (secondary N) is 2. The molecule has 0 fully saturated rings. The van der Waals surface area contributed by atoms with Crippen LogP contribution in [0.15, 0.2) is 35.3 Å². The molecule has 0 spiro atoms. The molecule has 1 aromatic rings. The van der Waals surface area contributed by atoms with Gasteiger partial charge in [0.05, 0.1) is 19.8 Å². The van der Waals surface area contributed by atoms with Crippen molar-refractivity contribution < 1.29 is 9.47 Å². The lowest BCUT2D eigenvalue weighted by molar-refractivity contribution is 0.0698. The Labute approximate surface area is 127 Å². The third-order valence-corrected chi connectivity index (χ3v) is 2.80. The minimum absolute atomic E-state index is 0.647. The van der Waals surface area contributed by atoms with Gasteiger partial charge in [0.15, 0.2) is 5.96 Å². The van der Waals surface area contributed by atoms with Gasteiger partial charge in [-0.15, -0.1) is 0 Å². The zero-order chi connectivity index (χ0) is 15.2. The van der Waals surface area contributed by atoms with Crippen LogP contribution in [0.5, 0.6) is 0 Å². The first-order valence-electron chi connectivity index (χ1n) is 7.49. The van der Waals surface area contributed by atoms with Crippen LogP contribution in [0, 0.1) is 0 Å². The van der Waals surface area contributed by atoms with E-state index in [1.807, 2.05) is 18.2 Å². The highest BCUT2D eigenvalue weighted by molar-refractivity contribution is 5.79. The van der Waals surface area contributed by atoms with Crippen molar-refractivity contribution in [3.05, 3.63) is 35.9 Å². The first-order chi connectivity index (χ1) is 10.4. The van der Waals surface area contributed by atoms with Gasteiger partial charge in [0.25, 0.3) is 0 Å². The number of guanidine groups is 1. The van der Waals surface area contributed by atoms with Crippen LogP contribution < -0.4 is 10.6 Å². The van der Waals surface area contributed by atoms with Gasteiger partial charge < -0.3 is 20.1 Å². The van der Waals surface area contributed by atoms with Gasteiger partial charge in [-0.3, -0.25) is 0 Å². The molecule has 2 N–H and O–H groups in total. The maximum atomic E-state index is 5.42. The first kappa shape index (κ1) is 17.5. The molecule has 0 atom stereocenters. The topological polar surface area (TPSA) is 54.9 Å². The second kappa shape index (κ2) is 12.2. The average molecular weight is 293 g/mol. The summed E-state index contributed by atoms with van der Waals surface area (Å²) in [5, 5.41) is 6.55.